The van der Waals surface area contributed by atoms with Gasteiger partial charge in [0.2, 0.25) is 0 Å². The molecule has 0 saturated carbocycles. The van der Waals surface area contributed by atoms with Crippen LogP contribution in [-0.4, -0.2) is 6.03 Å². The van der Waals surface area contributed by atoms with E-state index in [2.05, 4.69) is 17.6 Å². The molecule has 2 rings (SSSR count). The Labute approximate surface area is 155 Å². The Morgan fingerprint density at radius 3 is 2.48 bits per heavy atom. The molecular formula is C20H22F4N2O. The minimum absolute atomic E-state index is 0.230. The zero-order valence-corrected chi connectivity index (χ0v) is 15.2. The lowest BCUT2D eigenvalue weighted by atomic mass is 10.0. The fourth-order valence-corrected chi connectivity index (χ4v) is 2.63. The fourth-order valence-electron chi connectivity index (χ4n) is 2.63. The topological polar surface area (TPSA) is 41.1 Å². The molecule has 7 heteroatoms. The summed E-state index contributed by atoms with van der Waals surface area (Å²) in [6.45, 7) is 3.62. The third-order valence-corrected chi connectivity index (χ3v) is 4.17. The number of hydrogen-bond donors (Lipinski definition) is 2. The molecule has 0 spiro atoms. The van der Waals surface area contributed by atoms with Crippen LogP contribution in [0.25, 0.3) is 0 Å². The standard InChI is InChI=1S/C20H22F4N2O/c1-3-4-5-14-6-9-18(13(2)10-14)26-19(27)25-12-15-11-16(20(22,23)24)7-8-17(15)21/h6-11H,3-5,12H2,1-2H3,(H2,25,26,27). The van der Waals surface area contributed by atoms with Crippen LogP contribution in [0.15, 0.2) is 36.4 Å². The van der Waals surface area contributed by atoms with E-state index < -0.39 is 23.6 Å². The SMILES string of the molecule is CCCCc1ccc(NC(=O)NCc2cc(C(F)(F)F)ccc2F)c(C)c1. The number of benzene rings is 2. The number of anilines is 1. The number of hydrogen-bond acceptors (Lipinski definition) is 1. The number of carbonyl (C=O) groups is 1. The van der Waals surface area contributed by atoms with E-state index in [0.717, 1.165) is 30.9 Å². The van der Waals surface area contributed by atoms with Crippen LogP contribution in [0.1, 0.15) is 42.0 Å². The summed E-state index contributed by atoms with van der Waals surface area (Å²) in [6.07, 6.45) is -1.44. The lowest BCUT2D eigenvalue weighted by molar-refractivity contribution is -0.137. The Balaban J connectivity index is 1.99. The van der Waals surface area contributed by atoms with Gasteiger partial charge in [-0.15, -0.1) is 0 Å². The maximum Gasteiger partial charge on any atom is 0.416 e. The molecule has 0 aromatic heterocycles. The van der Waals surface area contributed by atoms with Gasteiger partial charge in [0, 0.05) is 17.8 Å². The second kappa shape index (κ2) is 8.88. The van der Waals surface area contributed by atoms with Crippen LogP contribution in [0.3, 0.4) is 0 Å². The highest BCUT2D eigenvalue weighted by atomic mass is 19.4. The van der Waals surface area contributed by atoms with Crippen LogP contribution in [0.4, 0.5) is 28.0 Å². The number of urea groups is 1. The molecule has 0 aliphatic carbocycles. The molecule has 0 aliphatic heterocycles. The average molecular weight is 382 g/mol. The Bertz CT molecular complexity index is 803. The summed E-state index contributed by atoms with van der Waals surface area (Å²) in [4.78, 5) is 12.0. The average Bonchev–Trinajstić information content (AvgIpc) is 2.60. The lowest BCUT2D eigenvalue weighted by Gasteiger charge is -2.13. The Hall–Kier alpha value is -2.57. The molecule has 2 amide bonds. The number of carbonyl (C=O) groups excluding carboxylic acids is 1. The summed E-state index contributed by atoms with van der Waals surface area (Å²) in [5, 5.41) is 5.02. The first-order valence-electron chi connectivity index (χ1n) is 8.70. The zero-order chi connectivity index (χ0) is 20.0. The van der Waals surface area contributed by atoms with E-state index in [1.165, 1.54) is 5.56 Å². The van der Waals surface area contributed by atoms with Gasteiger partial charge >= 0.3 is 12.2 Å². The molecule has 2 aromatic rings. The molecule has 0 heterocycles. The number of nitrogens with one attached hydrogen (secondary N) is 2. The van der Waals surface area contributed by atoms with Gasteiger partial charge in [0.25, 0.3) is 0 Å². The molecule has 0 bridgehead atoms. The number of amides is 2. The summed E-state index contributed by atoms with van der Waals surface area (Å²) in [7, 11) is 0. The summed E-state index contributed by atoms with van der Waals surface area (Å²) in [5.74, 6) is -0.806. The Morgan fingerprint density at radius 1 is 1.11 bits per heavy atom. The van der Waals surface area contributed by atoms with Crippen LogP contribution in [0.2, 0.25) is 0 Å². The first kappa shape index (κ1) is 20.7. The van der Waals surface area contributed by atoms with Gasteiger partial charge in [-0.25, -0.2) is 9.18 Å². The molecular weight excluding hydrogens is 360 g/mol. The van der Waals surface area contributed by atoms with Crippen molar-refractivity contribution in [2.75, 3.05) is 5.32 Å². The smallest absolute Gasteiger partial charge is 0.334 e. The van der Waals surface area contributed by atoms with Gasteiger partial charge in [-0.1, -0.05) is 25.5 Å². The molecule has 0 fully saturated rings. The van der Waals surface area contributed by atoms with E-state index in [1.807, 2.05) is 19.1 Å². The summed E-state index contributed by atoms with van der Waals surface area (Å²) in [5.41, 5.74) is 1.46. The summed E-state index contributed by atoms with van der Waals surface area (Å²) in [6, 6.07) is 7.19. The van der Waals surface area contributed by atoms with Crippen molar-refractivity contribution in [2.45, 2.75) is 45.8 Å². The molecule has 0 radical (unpaired) electrons. The maximum absolute atomic E-state index is 13.7. The lowest BCUT2D eigenvalue weighted by Crippen LogP contribution is -2.29. The third-order valence-electron chi connectivity index (χ3n) is 4.17. The van der Waals surface area contributed by atoms with Gasteiger partial charge < -0.3 is 10.6 Å². The van der Waals surface area contributed by atoms with Crippen LogP contribution < -0.4 is 10.6 Å². The molecule has 0 unspecified atom stereocenters. The first-order chi connectivity index (χ1) is 12.7. The van der Waals surface area contributed by atoms with Gasteiger partial charge in [-0.3, -0.25) is 0 Å². The Morgan fingerprint density at radius 2 is 1.85 bits per heavy atom. The van der Waals surface area contributed by atoms with Crippen molar-refractivity contribution >= 4 is 11.7 Å². The maximum atomic E-state index is 13.7. The number of alkyl halides is 3. The fraction of sp³-hybridized carbons (Fsp3) is 0.350. The molecule has 3 nitrogen and oxygen atoms in total. The largest absolute Gasteiger partial charge is 0.416 e. The first-order valence-corrected chi connectivity index (χ1v) is 8.70. The number of rotatable bonds is 6. The van der Waals surface area contributed by atoms with Crippen molar-refractivity contribution in [3.8, 4) is 0 Å². The van der Waals surface area contributed by atoms with Crippen molar-refractivity contribution in [2.24, 2.45) is 0 Å². The summed E-state index contributed by atoms with van der Waals surface area (Å²) < 4.78 is 51.9. The Kier molecular flexibility index (Phi) is 6.82. The molecule has 146 valence electrons. The number of halogens is 4. The molecule has 27 heavy (non-hydrogen) atoms. The highest BCUT2D eigenvalue weighted by Crippen LogP contribution is 2.30. The molecule has 2 N–H and O–H groups in total. The van der Waals surface area contributed by atoms with E-state index in [1.54, 1.807) is 6.07 Å². The second-order valence-corrected chi connectivity index (χ2v) is 6.36. The minimum atomic E-state index is -4.57. The molecule has 0 aliphatic rings. The molecule has 0 saturated heterocycles. The van der Waals surface area contributed by atoms with Gasteiger partial charge in [0.05, 0.1) is 5.56 Å². The summed E-state index contributed by atoms with van der Waals surface area (Å²) >= 11 is 0. The monoisotopic (exact) mass is 382 g/mol. The van der Waals surface area contributed by atoms with E-state index in [-0.39, 0.29) is 12.1 Å². The van der Waals surface area contributed by atoms with Crippen molar-refractivity contribution in [1.29, 1.82) is 0 Å². The van der Waals surface area contributed by atoms with Crippen LogP contribution in [0, 0.1) is 12.7 Å². The van der Waals surface area contributed by atoms with E-state index in [9.17, 15) is 22.4 Å². The highest BCUT2D eigenvalue weighted by molar-refractivity contribution is 5.90. The van der Waals surface area contributed by atoms with E-state index >= 15 is 0 Å². The number of unbranched alkanes of at least 4 members (excludes halogenated alkanes) is 1. The third kappa shape index (κ3) is 5.98. The van der Waals surface area contributed by atoms with Crippen LogP contribution in [-0.2, 0) is 19.1 Å². The predicted molar refractivity (Wildman–Crippen MR) is 97.1 cm³/mol. The normalized spacial score (nSPS) is 11.3. The number of aryl methyl sites for hydroxylation is 2. The van der Waals surface area contributed by atoms with Crippen molar-refractivity contribution in [3.05, 3.63) is 64.5 Å². The van der Waals surface area contributed by atoms with Crippen LogP contribution >= 0.6 is 0 Å². The van der Waals surface area contributed by atoms with E-state index in [0.29, 0.717) is 17.8 Å². The van der Waals surface area contributed by atoms with E-state index in [4.69, 9.17) is 0 Å². The van der Waals surface area contributed by atoms with Gasteiger partial charge in [0.1, 0.15) is 5.82 Å². The minimum Gasteiger partial charge on any atom is -0.334 e. The van der Waals surface area contributed by atoms with Crippen LogP contribution in [0.5, 0.6) is 0 Å². The second-order valence-electron chi connectivity index (χ2n) is 6.36. The van der Waals surface area contributed by atoms with Crippen molar-refractivity contribution < 1.29 is 22.4 Å². The van der Waals surface area contributed by atoms with Crippen molar-refractivity contribution in [3.63, 3.8) is 0 Å². The molecule has 0 atom stereocenters. The van der Waals surface area contributed by atoms with Crippen molar-refractivity contribution in [1.82, 2.24) is 5.32 Å². The predicted octanol–water partition coefficient (Wildman–Crippen LogP) is 5.82. The quantitative estimate of drug-likeness (QED) is 0.608. The zero-order valence-electron chi connectivity index (χ0n) is 15.2. The van der Waals surface area contributed by atoms with Gasteiger partial charge in [-0.05, 0) is 55.2 Å². The van der Waals surface area contributed by atoms with Gasteiger partial charge in [0.15, 0.2) is 0 Å². The van der Waals surface area contributed by atoms with Gasteiger partial charge in [-0.2, -0.15) is 13.2 Å². The highest BCUT2D eigenvalue weighted by Gasteiger charge is 2.31. The molecule has 2 aromatic carbocycles.